The van der Waals surface area contributed by atoms with Gasteiger partial charge < -0.3 is 10.5 Å². The molecule has 0 unspecified atom stereocenters. The molecule has 0 aliphatic carbocycles. The zero-order valence-corrected chi connectivity index (χ0v) is 11.2. The molecule has 0 saturated carbocycles. The summed E-state index contributed by atoms with van der Waals surface area (Å²) in [6, 6.07) is 14.3. The van der Waals surface area contributed by atoms with Gasteiger partial charge in [-0.15, -0.1) is 0 Å². The van der Waals surface area contributed by atoms with E-state index in [9.17, 15) is 0 Å². The highest BCUT2D eigenvalue weighted by molar-refractivity contribution is 9.10. The third-order valence-corrected chi connectivity index (χ3v) is 3.15. The maximum absolute atomic E-state index is 5.71. The molecule has 0 fully saturated rings. The van der Waals surface area contributed by atoms with Crippen LogP contribution in [0.1, 0.15) is 5.56 Å². The molecule has 0 heterocycles. The van der Waals surface area contributed by atoms with Crippen molar-refractivity contribution in [3.05, 3.63) is 52.5 Å². The highest BCUT2D eigenvalue weighted by atomic mass is 79.9. The summed E-state index contributed by atoms with van der Waals surface area (Å²) in [6.07, 6.45) is 0. The maximum atomic E-state index is 5.71. The van der Waals surface area contributed by atoms with Gasteiger partial charge in [0.15, 0.2) is 0 Å². The van der Waals surface area contributed by atoms with Crippen LogP contribution in [-0.2, 0) is 6.54 Å². The molecule has 0 aromatic heterocycles. The first kappa shape index (κ1) is 12.1. The van der Waals surface area contributed by atoms with Gasteiger partial charge >= 0.3 is 0 Å². The number of methoxy groups -OCH3 is 1. The molecule has 2 N–H and O–H groups in total. The van der Waals surface area contributed by atoms with Gasteiger partial charge in [0.1, 0.15) is 5.75 Å². The summed E-state index contributed by atoms with van der Waals surface area (Å²) in [5.41, 5.74) is 9.04. The Bertz CT molecular complexity index is 525. The molecule has 0 aliphatic rings. The van der Waals surface area contributed by atoms with Crippen LogP contribution in [0.15, 0.2) is 46.9 Å². The van der Waals surface area contributed by atoms with Gasteiger partial charge in [-0.05, 0) is 35.4 Å². The van der Waals surface area contributed by atoms with E-state index in [1.54, 1.807) is 7.11 Å². The summed E-state index contributed by atoms with van der Waals surface area (Å²) < 4.78 is 6.33. The smallest absolute Gasteiger partial charge is 0.123 e. The Hall–Kier alpha value is -1.32. The Balaban J connectivity index is 2.46. The average Bonchev–Trinajstić information content (AvgIpc) is 2.38. The molecule has 0 saturated heterocycles. The van der Waals surface area contributed by atoms with E-state index in [0.29, 0.717) is 6.54 Å². The highest BCUT2D eigenvalue weighted by Crippen LogP contribution is 2.27. The molecule has 0 amide bonds. The van der Waals surface area contributed by atoms with E-state index >= 15 is 0 Å². The van der Waals surface area contributed by atoms with Crippen molar-refractivity contribution in [2.45, 2.75) is 6.54 Å². The van der Waals surface area contributed by atoms with Crippen LogP contribution in [0, 0.1) is 0 Å². The van der Waals surface area contributed by atoms with Gasteiger partial charge in [-0.2, -0.15) is 0 Å². The van der Waals surface area contributed by atoms with Gasteiger partial charge in [0.05, 0.1) is 7.11 Å². The second-order valence-corrected chi connectivity index (χ2v) is 4.66. The molecular formula is C14H14BrNO. The number of hydrogen-bond acceptors (Lipinski definition) is 2. The largest absolute Gasteiger partial charge is 0.496 e. The van der Waals surface area contributed by atoms with Crippen molar-refractivity contribution in [1.82, 2.24) is 0 Å². The molecule has 2 rings (SSSR count). The Morgan fingerprint density at radius 3 is 2.53 bits per heavy atom. The lowest BCUT2D eigenvalue weighted by atomic mass is 10.0. The third-order valence-electron chi connectivity index (χ3n) is 2.66. The number of ether oxygens (including phenoxy) is 1. The molecule has 3 heteroatoms. The second-order valence-electron chi connectivity index (χ2n) is 3.74. The average molecular weight is 292 g/mol. The van der Waals surface area contributed by atoms with Crippen molar-refractivity contribution in [2.75, 3.05) is 7.11 Å². The summed E-state index contributed by atoms with van der Waals surface area (Å²) in [6.45, 7) is 0.477. The van der Waals surface area contributed by atoms with E-state index in [1.165, 1.54) is 0 Å². The lowest BCUT2D eigenvalue weighted by Gasteiger charge is -2.09. The first-order chi connectivity index (χ1) is 8.24. The molecule has 0 radical (unpaired) electrons. The molecular weight excluding hydrogens is 278 g/mol. The summed E-state index contributed by atoms with van der Waals surface area (Å²) in [4.78, 5) is 0. The van der Waals surface area contributed by atoms with Crippen LogP contribution in [0.2, 0.25) is 0 Å². The molecule has 0 bridgehead atoms. The molecule has 0 aliphatic heterocycles. The van der Waals surface area contributed by atoms with Crippen LogP contribution < -0.4 is 10.5 Å². The normalized spacial score (nSPS) is 10.3. The van der Waals surface area contributed by atoms with Gasteiger partial charge in [-0.3, -0.25) is 0 Å². The van der Waals surface area contributed by atoms with E-state index in [4.69, 9.17) is 10.5 Å². The molecule has 2 aromatic rings. The Kier molecular flexibility index (Phi) is 3.82. The van der Waals surface area contributed by atoms with E-state index in [2.05, 4.69) is 34.1 Å². The highest BCUT2D eigenvalue weighted by Gasteiger charge is 2.04. The minimum Gasteiger partial charge on any atom is -0.496 e. The first-order valence-corrected chi connectivity index (χ1v) is 6.17. The summed E-state index contributed by atoms with van der Waals surface area (Å²) >= 11 is 3.47. The van der Waals surface area contributed by atoms with Crippen molar-refractivity contribution in [2.24, 2.45) is 5.73 Å². The topological polar surface area (TPSA) is 35.2 Å². The second kappa shape index (κ2) is 5.34. The number of rotatable bonds is 3. The Morgan fingerprint density at radius 2 is 1.88 bits per heavy atom. The van der Waals surface area contributed by atoms with E-state index in [-0.39, 0.29) is 0 Å². The third kappa shape index (κ3) is 2.68. The predicted octanol–water partition coefficient (Wildman–Crippen LogP) is 3.58. The van der Waals surface area contributed by atoms with Crippen molar-refractivity contribution < 1.29 is 4.74 Å². The van der Waals surface area contributed by atoms with Crippen molar-refractivity contribution >= 4 is 15.9 Å². The first-order valence-electron chi connectivity index (χ1n) is 5.37. The lowest BCUT2D eigenvalue weighted by molar-refractivity contribution is 0.410. The van der Waals surface area contributed by atoms with Gasteiger partial charge in [0.25, 0.3) is 0 Å². The van der Waals surface area contributed by atoms with Gasteiger partial charge in [0, 0.05) is 16.6 Å². The standard InChI is InChI=1S/C14H14BrNO/c1-17-14-6-5-11(7-12(14)9-16)10-3-2-4-13(15)8-10/h2-8H,9,16H2,1H3. The number of halogens is 1. The predicted molar refractivity (Wildman–Crippen MR) is 74.0 cm³/mol. The summed E-state index contributed by atoms with van der Waals surface area (Å²) in [5, 5.41) is 0. The van der Waals surface area contributed by atoms with Crippen LogP contribution in [-0.4, -0.2) is 7.11 Å². The minimum atomic E-state index is 0.477. The number of hydrogen-bond donors (Lipinski definition) is 1. The molecule has 2 aromatic carbocycles. The van der Waals surface area contributed by atoms with Crippen molar-refractivity contribution in [3.63, 3.8) is 0 Å². The Morgan fingerprint density at radius 1 is 1.12 bits per heavy atom. The van der Waals surface area contributed by atoms with Crippen LogP contribution in [0.25, 0.3) is 11.1 Å². The maximum Gasteiger partial charge on any atom is 0.123 e. The molecule has 88 valence electrons. The van der Waals surface area contributed by atoms with Crippen molar-refractivity contribution in [3.8, 4) is 16.9 Å². The summed E-state index contributed by atoms with van der Waals surface area (Å²) in [5.74, 6) is 0.839. The van der Waals surface area contributed by atoms with E-state index in [1.807, 2.05) is 24.3 Å². The molecule has 17 heavy (non-hydrogen) atoms. The quantitative estimate of drug-likeness (QED) is 0.938. The molecule has 2 nitrogen and oxygen atoms in total. The minimum absolute atomic E-state index is 0.477. The number of benzene rings is 2. The van der Waals surface area contributed by atoms with E-state index in [0.717, 1.165) is 26.9 Å². The van der Waals surface area contributed by atoms with Gasteiger partial charge in [0.2, 0.25) is 0 Å². The van der Waals surface area contributed by atoms with Crippen LogP contribution in [0.4, 0.5) is 0 Å². The monoisotopic (exact) mass is 291 g/mol. The molecule has 0 spiro atoms. The van der Waals surface area contributed by atoms with E-state index < -0.39 is 0 Å². The fourth-order valence-corrected chi connectivity index (χ4v) is 2.18. The van der Waals surface area contributed by atoms with Crippen LogP contribution in [0.5, 0.6) is 5.75 Å². The van der Waals surface area contributed by atoms with Gasteiger partial charge in [-0.1, -0.05) is 34.1 Å². The van der Waals surface area contributed by atoms with Crippen molar-refractivity contribution in [1.29, 1.82) is 0 Å². The Labute approximate surface area is 110 Å². The fraction of sp³-hybridized carbons (Fsp3) is 0.143. The summed E-state index contributed by atoms with van der Waals surface area (Å²) in [7, 11) is 1.66. The number of nitrogens with two attached hydrogens (primary N) is 1. The SMILES string of the molecule is COc1ccc(-c2cccc(Br)c2)cc1CN. The van der Waals surface area contributed by atoms with Crippen LogP contribution >= 0.6 is 15.9 Å². The molecule has 0 atom stereocenters. The zero-order valence-electron chi connectivity index (χ0n) is 9.61. The zero-order chi connectivity index (χ0) is 12.3. The van der Waals surface area contributed by atoms with Gasteiger partial charge in [-0.25, -0.2) is 0 Å². The fourth-order valence-electron chi connectivity index (χ4n) is 1.79. The van der Waals surface area contributed by atoms with Crippen LogP contribution in [0.3, 0.4) is 0 Å². The lowest BCUT2D eigenvalue weighted by Crippen LogP contribution is -2.00.